The highest BCUT2D eigenvalue weighted by atomic mass is 35.5. The summed E-state index contributed by atoms with van der Waals surface area (Å²) in [6.45, 7) is 1.72. The number of hydrogen-bond donors (Lipinski definition) is 0. The SMILES string of the molecule is O=C(c1ccc(Cl)cc1)N1CCC(=C2CCC2)CC1. The van der Waals surface area contributed by atoms with E-state index in [0.29, 0.717) is 5.02 Å². The standard InChI is InChI=1S/C16H18ClNO/c17-15-6-4-14(5-7-15)16(19)18-10-8-13(9-11-18)12-2-1-3-12/h4-7H,1-3,8-11H2. The van der Waals surface area contributed by atoms with E-state index in [2.05, 4.69) is 0 Å². The van der Waals surface area contributed by atoms with E-state index < -0.39 is 0 Å². The van der Waals surface area contributed by atoms with Crippen molar-refractivity contribution in [3.05, 3.63) is 46.0 Å². The van der Waals surface area contributed by atoms with Crippen molar-refractivity contribution >= 4 is 17.5 Å². The highest BCUT2D eigenvalue weighted by molar-refractivity contribution is 6.30. The van der Waals surface area contributed by atoms with Gasteiger partial charge < -0.3 is 4.90 Å². The van der Waals surface area contributed by atoms with Gasteiger partial charge >= 0.3 is 0 Å². The lowest BCUT2D eigenvalue weighted by Gasteiger charge is -2.32. The maximum Gasteiger partial charge on any atom is 0.253 e. The van der Waals surface area contributed by atoms with Gasteiger partial charge in [-0.05, 0) is 56.4 Å². The summed E-state index contributed by atoms with van der Waals surface area (Å²) in [5, 5.41) is 0.673. The second-order valence-electron chi connectivity index (χ2n) is 5.36. The van der Waals surface area contributed by atoms with E-state index in [-0.39, 0.29) is 5.91 Å². The molecular formula is C16H18ClNO. The van der Waals surface area contributed by atoms with Gasteiger partial charge in [0.1, 0.15) is 0 Å². The summed E-state index contributed by atoms with van der Waals surface area (Å²) >= 11 is 5.85. The van der Waals surface area contributed by atoms with Gasteiger partial charge in [-0.2, -0.15) is 0 Å². The van der Waals surface area contributed by atoms with Crippen molar-refractivity contribution in [1.29, 1.82) is 0 Å². The molecule has 3 heteroatoms. The number of likely N-dealkylation sites (tertiary alicyclic amines) is 1. The summed E-state index contributed by atoms with van der Waals surface area (Å²) in [5.41, 5.74) is 4.02. The maximum atomic E-state index is 12.3. The Balaban J connectivity index is 1.64. The number of piperidine rings is 1. The number of allylic oxidation sites excluding steroid dienone is 1. The molecule has 1 amide bonds. The highest BCUT2D eigenvalue weighted by Crippen LogP contribution is 2.33. The fourth-order valence-electron chi connectivity index (χ4n) is 2.82. The van der Waals surface area contributed by atoms with Crippen LogP contribution < -0.4 is 0 Å². The van der Waals surface area contributed by atoms with Gasteiger partial charge in [0.2, 0.25) is 0 Å². The molecule has 0 atom stereocenters. The Bertz CT molecular complexity index is 502. The molecule has 1 heterocycles. The molecule has 0 aromatic heterocycles. The van der Waals surface area contributed by atoms with Gasteiger partial charge in [0.25, 0.3) is 5.91 Å². The van der Waals surface area contributed by atoms with E-state index in [1.165, 1.54) is 19.3 Å². The Kier molecular flexibility index (Phi) is 3.61. The van der Waals surface area contributed by atoms with Crippen LogP contribution in [0.15, 0.2) is 35.4 Å². The fourth-order valence-corrected chi connectivity index (χ4v) is 2.94. The minimum atomic E-state index is 0.134. The molecule has 1 aromatic rings. The van der Waals surface area contributed by atoms with Crippen LogP contribution in [0.1, 0.15) is 42.5 Å². The molecule has 0 unspecified atom stereocenters. The van der Waals surface area contributed by atoms with E-state index in [0.717, 1.165) is 31.5 Å². The molecule has 100 valence electrons. The summed E-state index contributed by atoms with van der Waals surface area (Å²) in [6, 6.07) is 7.18. The van der Waals surface area contributed by atoms with Crippen LogP contribution in [0.5, 0.6) is 0 Å². The van der Waals surface area contributed by atoms with Crippen molar-refractivity contribution < 1.29 is 4.79 Å². The van der Waals surface area contributed by atoms with E-state index in [1.807, 2.05) is 17.0 Å². The summed E-state index contributed by atoms with van der Waals surface area (Å²) in [5.74, 6) is 0.134. The quantitative estimate of drug-likeness (QED) is 0.708. The molecule has 2 fully saturated rings. The molecule has 1 saturated heterocycles. The zero-order valence-corrected chi connectivity index (χ0v) is 11.7. The van der Waals surface area contributed by atoms with Crippen LogP contribution in [-0.4, -0.2) is 23.9 Å². The largest absolute Gasteiger partial charge is 0.338 e. The Labute approximate surface area is 119 Å². The Morgan fingerprint density at radius 1 is 0.947 bits per heavy atom. The first-order valence-electron chi connectivity index (χ1n) is 6.98. The molecule has 2 nitrogen and oxygen atoms in total. The summed E-state index contributed by atoms with van der Waals surface area (Å²) in [4.78, 5) is 14.3. The zero-order valence-electron chi connectivity index (χ0n) is 11.0. The smallest absolute Gasteiger partial charge is 0.253 e. The van der Waals surface area contributed by atoms with Gasteiger partial charge in [0, 0.05) is 23.7 Å². The number of hydrogen-bond acceptors (Lipinski definition) is 1. The van der Waals surface area contributed by atoms with Crippen LogP contribution in [0.25, 0.3) is 0 Å². The monoisotopic (exact) mass is 275 g/mol. The molecule has 1 aliphatic carbocycles. The molecule has 2 aliphatic rings. The molecule has 0 N–H and O–H groups in total. The van der Waals surface area contributed by atoms with E-state index in [1.54, 1.807) is 23.3 Å². The first kappa shape index (κ1) is 12.7. The fraction of sp³-hybridized carbons (Fsp3) is 0.438. The number of rotatable bonds is 1. The minimum absolute atomic E-state index is 0.134. The predicted octanol–water partition coefficient (Wildman–Crippen LogP) is 4.06. The van der Waals surface area contributed by atoms with Crippen LogP contribution in [-0.2, 0) is 0 Å². The van der Waals surface area contributed by atoms with E-state index in [9.17, 15) is 4.79 Å². The van der Waals surface area contributed by atoms with Crippen molar-refractivity contribution in [2.45, 2.75) is 32.1 Å². The van der Waals surface area contributed by atoms with Gasteiger partial charge in [-0.25, -0.2) is 0 Å². The van der Waals surface area contributed by atoms with Gasteiger partial charge in [0.05, 0.1) is 0 Å². The number of amides is 1. The van der Waals surface area contributed by atoms with Crippen LogP contribution >= 0.6 is 11.6 Å². The second-order valence-corrected chi connectivity index (χ2v) is 5.80. The van der Waals surface area contributed by atoms with Gasteiger partial charge in [-0.3, -0.25) is 4.79 Å². The average Bonchev–Trinajstić information content (AvgIpc) is 2.38. The highest BCUT2D eigenvalue weighted by Gasteiger charge is 2.23. The summed E-state index contributed by atoms with van der Waals surface area (Å²) < 4.78 is 0. The first-order valence-corrected chi connectivity index (χ1v) is 7.36. The third-order valence-corrected chi connectivity index (χ3v) is 4.45. The lowest BCUT2D eigenvalue weighted by molar-refractivity contribution is 0.0742. The van der Waals surface area contributed by atoms with E-state index >= 15 is 0 Å². The van der Waals surface area contributed by atoms with Crippen molar-refractivity contribution in [2.24, 2.45) is 0 Å². The molecule has 0 spiro atoms. The Hall–Kier alpha value is -1.28. The minimum Gasteiger partial charge on any atom is -0.338 e. The number of halogens is 1. The van der Waals surface area contributed by atoms with Gasteiger partial charge in [0.15, 0.2) is 0 Å². The Morgan fingerprint density at radius 2 is 1.53 bits per heavy atom. The van der Waals surface area contributed by atoms with Crippen LogP contribution in [0.3, 0.4) is 0 Å². The third-order valence-electron chi connectivity index (χ3n) is 4.20. The lowest BCUT2D eigenvalue weighted by Crippen LogP contribution is -2.36. The van der Waals surface area contributed by atoms with Crippen molar-refractivity contribution in [2.75, 3.05) is 13.1 Å². The molecule has 0 bridgehead atoms. The van der Waals surface area contributed by atoms with Crippen LogP contribution in [0.2, 0.25) is 5.02 Å². The van der Waals surface area contributed by atoms with Crippen molar-refractivity contribution in [3.8, 4) is 0 Å². The number of carbonyl (C=O) groups excluding carboxylic acids is 1. The normalized spacial score (nSPS) is 19.3. The van der Waals surface area contributed by atoms with Gasteiger partial charge in [-0.1, -0.05) is 22.7 Å². The topological polar surface area (TPSA) is 20.3 Å². The molecule has 1 aromatic carbocycles. The third kappa shape index (κ3) is 2.69. The van der Waals surface area contributed by atoms with Crippen molar-refractivity contribution in [1.82, 2.24) is 4.90 Å². The summed E-state index contributed by atoms with van der Waals surface area (Å²) in [7, 11) is 0. The molecular weight excluding hydrogens is 258 g/mol. The van der Waals surface area contributed by atoms with E-state index in [4.69, 9.17) is 11.6 Å². The second kappa shape index (κ2) is 5.38. The lowest BCUT2D eigenvalue weighted by atomic mass is 9.84. The number of benzene rings is 1. The first-order chi connectivity index (χ1) is 9.24. The molecule has 1 aliphatic heterocycles. The number of carbonyl (C=O) groups is 1. The summed E-state index contributed by atoms with van der Waals surface area (Å²) in [6.07, 6.45) is 6.07. The maximum absolute atomic E-state index is 12.3. The Morgan fingerprint density at radius 3 is 2.05 bits per heavy atom. The van der Waals surface area contributed by atoms with Crippen LogP contribution in [0, 0.1) is 0 Å². The molecule has 19 heavy (non-hydrogen) atoms. The zero-order chi connectivity index (χ0) is 13.2. The average molecular weight is 276 g/mol. The molecule has 0 radical (unpaired) electrons. The predicted molar refractivity (Wildman–Crippen MR) is 77.5 cm³/mol. The van der Waals surface area contributed by atoms with Crippen molar-refractivity contribution in [3.63, 3.8) is 0 Å². The molecule has 3 rings (SSSR count). The molecule has 1 saturated carbocycles. The number of nitrogens with zero attached hydrogens (tertiary/aromatic N) is 1. The van der Waals surface area contributed by atoms with Crippen LogP contribution in [0.4, 0.5) is 0 Å². The van der Waals surface area contributed by atoms with Gasteiger partial charge in [-0.15, -0.1) is 0 Å².